The number of halogens is 3. The fraction of sp³-hybridized carbons (Fsp3) is 0. The molecule has 0 saturated heterocycles. The minimum absolute atomic E-state index is 0.0512. The Balaban J connectivity index is 2.03. The lowest BCUT2D eigenvalue weighted by atomic mass is 10.3. The molecule has 6 heteroatoms. The summed E-state index contributed by atoms with van der Waals surface area (Å²) >= 11 is 14.2. The summed E-state index contributed by atoms with van der Waals surface area (Å²) in [6, 6.07) is 11.9. The first-order valence-electron chi connectivity index (χ1n) is 5.33. The quantitative estimate of drug-likeness (QED) is 0.734. The molecule has 0 radical (unpaired) electrons. The van der Waals surface area contributed by atoms with Crippen molar-refractivity contribution in [3.8, 4) is 0 Å². The molecule has 0 saturated carbocycles. The maximum absolute atomic E-state index is 13.0. The summed E-state index contributed by atoms with van der Waals surface area (Å²) in [5, 5.41) is 6.41. The standard InChI is InChI=1S/C13H9BrClFN2S/c14-8-2-1-3-9(6-8)17-13(19)18-10-4-5-12(16)11(15)7-10/h1-7H,(H2,17,18,19). The van der Waals surface area contributed by atoms with Crippen LogP contribution < -0.4 is 10.6 Å². The molecule has 0 aromatic heterocycles. The maximum atomic E-state index is 13.0. The van der Waals surface area contributed by atoms with Crippen LogP contribution in [0.1, 0.15) is 0 Å². The van der Waals surface area contributed by atoms with Gasteiger partial charge in [0.05, 0.1) is 5.02 Å². The Kier molecular flexibility index (Phi) is 4.74. The molecule has 2 aromatic carbocycles. The summed E-state index contributed by atoms with van der Waals surface area (Å²) in [6.07, 6.45) is 0. The fourth-order valence-electron chi connectivity index (χ4n) is 1.43. The topological polar surface area (TPSA) is 24.1 Å². The molecular formula is C13H9BrClFN2S. The highest BCUT2D eigenvalue weighted by atomic mass is 79.9. The Morgan fingerprint density at radius 2 is 1.79 bits per heavy atom. The number of hydrogen-bond acceptors (Lipinski definition) is 1. The molecule has 0 amide bonds. The molecule has 0 fully saturated rings. The van der Waals surface area contributed by atoms with Gasteiger partial charge in [-0.25, -0.2) is 4.39 Å². The van der Waals surface area contributed by atoms with Crippen LogP contribution in [-0.4, -0.2) is 5.11 Å². The molecule has 0 bridgehead atoms. The van der Waals surface area contributed by atoms with Crippen molar-refractivity contribution in [2.24, 2.45) is 0 Å². The largest absolute Gasteiger partial charge is 0.332 e. The Labute approximate surface area is 129 Å². The van der Waals surface area contributed by atoms with E-state index < -0.39 is 5.82 Å². The van der Waals surface area contributed by atoms with Gasteiger partial charge in [-0.2, -0.15) is 0 Å². The molecule has 0 aliphatic carbocycles. The van der Waals surface area contributed by atoms with E-state index in [0.29, 0.717) is 10.8 Å². The third-order valence-corrected chi connectivity index (χ3v) is 3.25. The van der Waals surface area contributed by atoms with Gasteiger partial charge in [0.1, 0.15) is 5.82 Å². The number of benzene rings is 2. The van der Waals surface area contributed by atoms with Gasteiger partial charge < -0.3 is 10.6 Å². The molecular weight excluding hydrogens is 351 g/mol. The maximum Gasteiger partial charge on any atom is 0.175 e. The van der Waals surface area contributed by atoms with E-state index in [2.05, 4.69) is 26.6 Å². The lowest BCUT2D eigenvalue weighted by Gasteiger charge is -2.11. The molecule has 2 aromatic rings. The van der Waals surface area contributed by atoms with E-state index in [4.69, 9.17) is 23.8 Å². The van der Waals surface area contributed by atoms with Crippen LogP contribution in [0.2, 0.25) is 5.02 Å². The molecule has 0 aliphatic heterocycles. The minimum atomic E-state index is -0.460. The molecule has 0 atom stereocenters. The van der Waals surface area contributed by atoms with Crippen molar-refractivity contribution >= 4 is 56.2 Å². The van der Waals surface area contributed by atoms with Crippen LogP contribution in [-0.2, 0) is 0 Å². The average molecular weight is 360 g/mol. The molecule has 2 N–H and O–H groups in total. The van der Waals surface area contributed by atoms with E-state index in [1.165, 1.54) is 12.1 Å². The van der Waals surface area contributed by atoms with Gasteiger partial charge in [-0.15, -0.1) is 0 Å². The zero-order valence-corrected chi connectivity index (χ0v) is 12.7. The summed E-state index contributed by atoms with van der Waals surface area (Å²) in [4.78, 5) is 0. The molecule has 0 spiro atoms. The molecule has 19 heavy (non-hydrogen) atoms. The van der Waals surface area contributed by atoms with Crippen LogP contribution in [0, 0.1) is 5.82 Å². The van der Waals surface area contributed by atoms with Gasteiger partial charge in [0.25, 0.3) is 0 Å². The highest BCUT2D eigenvalue weighted by Gasteiger charge is 2.03. The van der Waals surface area contributed by atoms with Gasteiger partial charge in [0.2, 0.25) is 0 Å². The summed E-state index contributed by atoms with van der Waals surface area (Å²) in [6.45, 7) is 0. The van der Waals surface area contributed by atoms with Crippen molar-refractivity contribution in [3.63, 3.8) is 0 Å². The third kappa shape index (κ3) is 4.16. The Morgan fingerprint density at radius 3 is 2.42 bits per heavy atom. The lowest BCUT2D eigenvalue weighted by molar-refractivity contribution is 0.628. The molecule has 2 rings (SSSR count). The predicted molar refractivity (Wildman–Crippen MR) is 85.4 cm³/mol. The van der Waals surface area contributed by atoms with Gasteiger partial charge in [0.15, 0.2) is 5.11 Å². The molecule has 0 heterocycles. The normalized spacial score (nSPS) is 10.1. The first-order valence-corrected chi connectivity index (χ1v) is 6.91. The van der Waals surface area contributed by atoms with Gasteiger partial charge in [0, 0.05) is 15.8 Å². The van der Waals surface area contributed by atoms with Crippen LogP contribution in [0.3, 0.4) is 0 Å². The van der Waals surface area contributed by atoms with Crippen molar-refractivity contribution in [2.75, 3.05) is 10.6 Å². The second-order valence-electron chi connectivity index (χ2n) is 3.72. The van der Waals surface area contributed by atoms with Crippen LogP contribution in [0.25, 0.3) is 0 Å². The number of rotatable bonds is 2. The van der Waals surface area contributed by atoms with Crippen molar-refractivity contribution < 1.29 is 4.39 Å². The van der Waals surface area contributed by atoms with Crippen LogP contribution in [0.4, 0.5) is 15.8 Å². The first kappa shape index (κ1) is 14.2. The SMILES string of the molecule is Fc1ccc(NC(=S)Nc2cccc(Br)c2)cc1Cl. The van der Waals surface area contributed by atoms with E-state index in [0.717, 1.165) is 10.2 Å². The van der Waals surface area contributed by atoms with Crippen molar-refractivity contribution in [1.29, 1.82) is 0 Å². The van der Waals surface area contributed by atoms with Gasteiger partial charge in [-0.1, -0.05) is 33.6 Å². The minimum Gasteiger partial charge on any atom is -0.332 e. The molecule has 2 nitrogen and oxygen atoms in total. The van der Waals surface area contributed by atoms with Crippen molar-refractivity contribution in [2.45, 2.75) is 0 Å². The van der Waals surface area contributed by atoms with Gasteiger partial charge >= 0.3 is 0 Å². The van der Waals surface area contributed by atoms with E-state index in [1.54, 1.807) is 6.07 Å². The smallest absolute Gasteiger partial charge is 0.175 e. The second kappa shape index (κ2) is 6.32. The second-order valence-corrected chi connectivity index (χ2v) is 5.45. The van der Waals surface area contributed by atoms with Gasteiger partial charge in [-0.05, 0) is 48.6 Å². The predicted octanol–water partition coefficient (Wildman–Crippen LogP) is 5.05. The van der Waals surface area contributed by atoms with Crippen LogP contribution in [0.15, 0.2) is 46.9 Å². The summed E-state index contributed by atoms with van der Waals surface area (Å²) < 4.78 is 14.0. The van der Waals surface area contributed by atoms with E-state index >= 15 is 0 Å². The summed E-state index contributed by atoms with van der Waals surface area (Å²) in [5.74, 6) is -0.460. The number of anilines is 2. The highest BCUT2D eigenvalue weighted by Crippen LogP contribution is 2.20. The molecule has 0 aliphatic rings. The summed E-state index contributed by atoms with van der Waals surface area (Å²) in [5.41, 5.74) is 1.47. The first-order chi connectivity index (χ1) is 9.04. The number of hydrogen-bond donors (Lipinski definition) is 2. The van der Waals surface area contributed by atoms with Crippen LogP contribution in [0.5, 0.6) is 0 Å². The van der Waals surface area contributed by atoms with Crippen molar-refractivity contribution in [1.82, 2.24) is 0 Å². The Bertz CT molecular complexity index is 621. The van der Waals surface area contributed by atoms with E-state index in [1.807, 2.05) is 24.3 Å². The number of thiocarbonyl (C=S) groups is 1. The summed E-state index contributed by atoms with van der Waals surface area (Å²) in [7, 11) is 0. The van der Waals surface area contributed by atoms with E-state index in [-0.39, 0.29) is 5.02 Å². The molecule has 98 valence electrons. The monoisotopic (exact) mass is 358 g/mol. The lowest BCUT2D eigenvalue weighted by Crippen LogP contribution is -2.19. The number of nitrogens with one attached hydrogen (secondary N) is 2. The molecule has 0 unspecified atom stereocenters. The van der Waals surface area contributed by atoms with Crippen LogP contribution >= 0.6 is 39.7 Å². The Morgan fingerprint density at radius 1 is 1.11 bits per heavy atom. The average Bonchev–Trinajstić information content (AvgIpc) is 2.34. The van der Waals surface area contributed by atoms with Gasteiger partial charge in [-0.3, -0.25) is 0 Å². The zero-order valence-electron chi connectivity index (χ0n) is 9.58. The fourth-order valence-corrected chi connectivity index (χ4v) is 2.25. The third-order valence-electron chi connectivity index (χ3n) is 2.26. The Hall–Kier alpha value is -1.17. The van der Waals surface area contributed by atoms with E-state index in [9.17, 15) is 4.39 Å². The zero-order chi connectivity index (χ0) is 13.8. The van der Waals surface area contributed by atoms with Crippen molar-refractivity contribution in [3.05, 3.63) is 57.8 Å². The highest BCUT2D eigenvalue weighted by molar-refractivity contribution is 9.10.